The Kier molecular flexibility index (Phi) is 3.92. The molecule has 0 saturated heterocycles. The maximum Gasteiger partial charge on any atom is 0.270 e. The van der Waals surface area contributed by atoms with Crippen LogP contribution in [-0.4, -0.2) is 36.4 Å². The molecule has 1 aliphatic rings. The number of aryl methyl sites for hydroxylation is 1. The molecular weight excluding hydrogens is 288 g/mol. The predicted molar refractivity (Wildman–Crippen MR) is 72.9 cm³/mol. The fourth-order valence-corrected chi connectivity index (χ4v) is 2.92. The van der Waals surface area contributed by atoms with Crippen LogP contribution in [0.2, 0.25) is 0 Å². The monoisotopic (exact) mass is 304 g/mol. The molecule has 1 saturated carbocycles. The molecule has 1 heterocycles. The SMILES string of the molecule is CCN(C(=O)c1cc(S(=O)(=O)Cl)cn1CC)C1CC1. The van der Waals surface area contributed by atoms with E-state index in [9.17, 15) is 13.2 Å². The van der Waals surface area contributed by atoms with Crippen LogP contribution < -0.4 is 0 Å². The van der Waals surface area contributed by atoms with Gasteiger partial charge in [-0.05, 0) is 32.8 Å². The van der Waals surface area contributed by atoms with E-state index < -0.39 is 9.05 Å². The van der Waals surface area contributed by atoms with Crippen molar-refractivity contribution >= 4 is 25.6 Å². The number of aromatic nitrogens is 1. The smallest absolute Gasteiger partial charge is 0.270 e. The van der Waals surface area contributed by atoms with Crippen molar-refractivity contribution in [2.75, 3.05) is 6.54 Å². The van der Waals surface area contributed by atoms with E-state index in [0.717, 1.165) is 12.8 Å². The van der Waals surface area contributed by atoms with Gasteiger partial charge in [0.1, 0.15) is 10.6 Å². The van der Waals surface area contributed by atoms with Gasteiger partial charge in [-0.1, -0.05) is 0 Å². The van der Waals surface area contributed by atoms with Crippen molar-refractivity contribution in [1.29, 1.82) is 0 Å². The number of amides is 1. The first-order chi connectivity index (χ1) is 8.88. The summed E-state index contributed by atoms with van der Waals surface area (Å²) < 4.78 is 24.3. The highest BCUT2D eigenvalue weighted by Crippen LogP contribution is 2.29. The lowest BCUT2D eigenvalue weighted by Gasteiger charge is -2.20. The van der Waals surface area contributed by atoms with Gasteiger partial charge >= 0.3 is 0 Å². The van der Waals surface area contributed by atoms with E-state index in [1.807, 2.05) is 13.8 Å². The number of carbonyl (C=O) groups excluding carboxylic acids is 1. The van der Waals surface area contributed by atoms with Gasteiger partial charge in [-0.25, -0.2) is 8.42 Å². The van der Waals surface area contributed by atoms with E-state index in [-0.39, 0.29) is 10.8 Å². The number of hydrogen-bond donors (Lipinski definition) is 0. The van der Waals surface area contributed by atoms with Gasteiger partial charge in [-0.3, -0.25) is 4.79 Å². The number of rotatable bonds is 5. The van der Waals surface area contributed by atoms with Crippen LogP contribution in [0.25, 0.3) is 0 Å². The molecule has 0 N–H and O–H groups in total. The zero-order chi connectivity index (χ0) is 14.2. The largest absolute Gasteiger partial charge is 0.342 e. The first kappa shape index (κ1) is 14.4. The van der Waals surface area contributed by atoms with Gasteiger partial charge in [-0.15, -0.1) is 0 Å². The van der Waals surface area contributed by atoms with Gasteiger partial charge in [0.05, 0.1) is 0 Å². The zero-order valence-corrected chi connectivity index (χ0v) is 12.5. The highest BCUT2D eigenvalue weighted by atomic mass is 35.7. The maximum absolute atomic E-state index is 12.4. The Hall–Kier alpha value is -1.01. The third-order valence-electron chi connectivity index (χ3n) is 3.30. The summed E-state index contributed by atoms with van der Waals surface area (Å²) >= 11 is 0. The molecule has 5 nitrogen and oxygen atoms in total. The Morgan fingerprint density at radius 1 is 1.47 bits per heavy atom. The maximum atomic E-state index is 12.4. The fraction of sp³-hybridized carbons (Fsp3) is 0.583. The lowest BCUT2D eigenvalue weighted by atomic mass is 10.3. The Morgan fingerprint density at radius 3 is 2.53 bits per heavy atom. The fourth-order valence-electron chi connectivity index (χ4n) is 2.16. The molecule has 0 bridgehead atoms. The molecule has 0 unspecified atom stereocenters. The van der Waals surface area contributed by atoms with Crippen LogP contribution in [0.15, 0.2) is 17.2 Å². The van der Waals surface area contributed by atoms with E-state index in [1.54, 1.807) is 9.47 Å². The van der Waals surface area contributed by atoms with Crippen molar-refractivity contribution in [3.63, 3.8) is 0 Å². The molecule has 0 aliphatic heterocycles. The summed E-state index contributed by atoms with van der Waals surface area (Å²) in [6.45, 7) is 4.93. The van der Waals surface area contributed by atoms with Crippen LogP contribution in [0.3, 0.4) is 0 Å². The number of nitrogens with zero attached hydrogens (tertiary/aromatic N) is 2. The van der Waals surface area contributed by atoms with Crippen molar-refractivity contribution in [3.05, 3.63) is 18.0 Å². The van der Waals surface area contributed by atoms with E-state index in [4.69, 9.17) is 10.7 Å². The van der Waals surface area contributed by atoms with Gasteiger partial charge in [0.2, 0.25) is 0 Å². The van der Waals surface area contributed by atoms with Crippen LogP contribution in [-0.2, 0) is 15.6 Å². The molecule has 7 heteroatoms. The summed E-state index contributed by atoms with van der Waals surface area (Å²) in [4.78, 5) is 14.2. The van der Waals surface area contributed by atoms with Gasteiger partial charge in [0.25, 0.3) is 15.0 Å². The summed E-state index contributed by atoms with van der Waals surface area (Å²) in [5, 5.41) is 0. The first-order valence-corrected chi connectivity index (χ1v) is 8.65. The van der Waals surface area contributed by atoms with Crippen LogP contribution in [0.1, 0.15) is 37.2 Å². The Morgan fingerprint density at radius 2 is 2.11 bits per heavy atom. The standard InChI is InChI=1S/C12H17ClN2O3S/c1-3-14-8-10(19(13,17)18)7-11(14)12(16)15(4-2)9-5-6-9/h7-9H,3-6H2,1-2H3. The van der Waals surface area contributed by atoms with Crippen LogP contribution in [0, 0.1) is 0 Å². The van der Waals surface area contributed by atoms with E-state index in [2.05, 4.69) is 0 Å². The third kappa shape index (κ3) is 2.95. The Bertz CT molecular complexity index is 590. The molecule has 2 rings (SSSR count). The number of halogens is 1. The minimum absolute atomic E-state index is 0.0220. The van der Waals surface area contributed by atoms with Gasteiger partial charge in [0, 0.05) is 36.0 Å². The van der Waals surface area contributed by atoms with Crippen LogP contribution in [0.5, 0.6) is 0 Å². The second-order valence-corrected chi connectivity index (χ2v) is 7.17. The van der Waals surface area contributed by atoms with Crippen LogP contribution in [0.4, 0.5) is 0 Å². The van der Waals surface area contributed by atoms with Gasteiger partial charge in [-0.2, -0.15) is 0 Å². The van der Waals surface area contributed by atoms with Crippen LogP contribution >= 0.6 is 10.7 Å². The van der Waals surface area contributed by atoms with E-state index in [1.165, 1.54) is 12.3 Å². The van der Waals surface area contributed by atoms with E-state index >= 15 is 0 Å². The van der Waals surface area contributed by atoms with Crippen molar-refractivity contribution in [2.45, 2.75) is 44.2 Å². The molecule has 0 spiro atoms. The summed E-state index contributed by atoms with van der Waals surface area (Å²) in [7, 11) is 1.52. The molecule has 1 fully saturated rings. The molecule has 1 aliphatic carbocycles. The molecule has 19 heavy (non-hydrogen) atoms. The lowest BCUT2D eigenvalue weighted by Crippen LogP contribution is -2.34. The first-order valence-electron chi connectivity index (χ1n) is 6.34. The average molecular weight is 305 g/mol. The molecular formula is C12H17ClN2O3S. The second kappa shape index (κ2) is 5.17. The second-order valence-electron chi connectivity index (χ2n) is 4.61. The minimum Gasteiger partial charge on any atom is -0.342 e. The topological polar surface area (TPSA) is 59.4 Å². The van der Waals surface area contributed by atoms with Crippen molar-refractivity contribution < 1.29 is 13.2 Å². The average Bonchev–Trinajstić information content (AvgIpc) is 3.06. The van der Waals surface area contributed by atoms with Gasteiger partial charge < -0.3 is 9.47 Å². The third-order valence-corrected chi connectivity index (χ3v) is 4.62. The van der Waals surface area contributed by atoms with Crippen molar-refractivity contribution in [2.24, 2.45) is 0 Å². The van der Waals surface area contributed by atoms with Crippen molar-refractivity contribution in [1.82, 2.24) is 9.47 Å². The minimum atomic E-state index is -3.80. The van der Waals surface area contributed by atoms with E-state index in [0.29, 0.717) is 24.8 Å². The molecule has 1 amide bonds. The number of hydrogen-bond acceptors (Lipinski definition) is 3. The Balaban J connectivity index is 2.37. The van der Waals surface area contributed by atoms with Gasteiger partial charge in [0.15, 0.2) is 0 Å². The summed E-state index contributed by atoms with van der Waals surface area (Å²) in [6.07, 6.45) is 3.45. The summed E-state index contributed by atoms with van der Waals surface area (Å²) in [5.41, 5.74) is 0.385. The quantitative estimate of drug-likeness (QED) is 0.782. The lowest BCUT2D eigenvalue weighted by molar-refractivity contribution is 0.0741. The summed E-state index contributed by atoms with van der Waals surface area (Å²) in [5.74, 6) is -0.126. The Labute approximate surface area is 117 Å². The molecule has 1 aromatic heterocycles. The predicted octanol–water partition coefficient (Wildman–Crippen LogP) is 2.06. The number of carbonyl (C=O) groups is 1. The normalized spacial score (nSPS) is 15.5. The molecule has 1 aromatic rings. The highest BCUT2D eigenvalue weighted by molar-refractivity contribution is 8.13. The van der Waals surface area contributed by atoms with Crippen molar-refractivity contribution in [3.8, 4) is 0 Å². The highest BCUT2D eigenvalue weighted by Gasteiger charge is 2.33. The summed E-state index contributed by atoms with van der Waals surface area (Å²) in [6, 6.07) is 1.66. The molecule has 0 atom stereocenters. The molecule has 106 valence electrons. The zero-order valence-electron chi connectivity index (χ0n) is 11.0. The molecule has 0 aromatic carbocycles. The molecule has 0 radical (unpaired) electrons.